The lowest BCUT2D eigenvalue weighted by Crippen LogP contribution is -2.09. The van der Waals surface area contributed by atoms with Crippen molar-refractivity contribution in [3.63, 3.8) is 0 Å². The highest BCUT2D eigenvalue weighted by Gasteiger charge is 2.05. The average molecular weight is 386 g/mol. The predicted molar refractivity (Wildman–Crippen MR) is 106 cm³/mol. The largest absolute Gasteiger partial charge is 0.497 e. The molecule has 0 spiro atoms. The van der Waals surface area contributed by atoms with Gasteiger partial charge in [-0.2, -0.15) is 10.1 Å². The van der Waals surface area contributed by atoms with Gasteiger partial charge >= 0.3 is 0 Å². The maximum Gasteiger partial charge on any atom is 0.244 e. The molecule has 8 heteroatoms. The van der Waals surface area contributed by atoms with E-state index < -0.39 is 0 Å². The molecule has 0 bridgehead atoms. The topological polar surface area (TPSA) is 81.2 Å². The van der Waals surface area contributed by atoms with Crippen molar-refractivity contribution in [3.05, 3.63) is 59.2 Å². The molecule has 0 radical (unpaired) electrons. The molecule has 1 aromatic heterocycles. The van der Waals surface area contributed by atoms with Crippen LogP contribution >= 0.6 is 11.6 Å². The Labute approximate surface area is 162 Å². The van der Waals surface area contributed by atoms with E-state index in [-0.39, 0.29) is 0 Å². The molecule has 0 saturated carbocycles. The second-order valence-electron chi connectivity index (χ2n) is 5.67. The first-order valence-electron chi connectivity index (χ1n) is 8.35. The summed E-state index contributed by atoms with van der Waals surface area (Å²) in [4.78, 5) is 4.41. The summed E-state index contributed by atoms with van der Waals surface area (Å²) in [6.07, 6.45) is 2.36. The summed E-state index contributed by atoms with van der Waals surface area (Å²) >= 11 is 6.14. The van der Waals surface area contributed by atoms with Gasteiger partial charge in [0.1, 0.15) is 11.5 Å². The van der Waals surface area contributed by atoms with Crippen LogP contribution in [0.5, 0.6) is 11.5 Å². The molecule has 0 fully saturated rings. The Balaban J connectivity index is 1.59. The standard InChI is InChI=1S/C19H20ClN5O2/c1-26-15-5-3-4-13(10-15)8-9-21-19-24-18(12-22-25-19)23-14-6-7-17(27-2)16(20)11-14/h3-7,10-12H,8-9H2,1-2H3,(H2,21,23,24,25). The lowest BCUT2D eigenvalue weighted by molar-refractivity contribution is 0.414. The molecule has 7 nitrogen and oxygen atoms in total. The number of rotatable bonds is 8. The van der Waals surface area contributed by atoms with E-state index >= 15 is 0 Å². The van der Waals surface area contributed by atoms with Crippen molar-refractivity contribution < 1.29 is 9.47 Å². The molecule has 0 amide bonds. The lowest BCUT2D eigenvalue weighted by Gasteiger charge is -2.09. The van der Waals surface area contributed by atoms with Gasteiger partial charge in [-0.25, -0.2) is 0 Å². The van der Waals surface area contributed by atoms with E-state index in [0.717, 1.165) is 23.4 Å². The lowest BCUT2D eigenvalue weighted by atomic mass is 10.1. The summed E-state index contributed by atoms with van der Waals surface area (Å²) in [5, 5.41) is 14.8. The molecule has 140 valence electrons. The number of aromatic nitrogens is 3. The molecule has 3 rings (SSSR count). The fourth-order valence-corrected chi connectivity index (χ4v) is 2.73. The van der Waals surface area contributed by atoms with Crippen molar-refractivity contribution in [3.8, 4) is 11.5 Å². The van der Waals surface area contributed by atoms with Crippen LogP contribution in [0.1, 0.15) is 5.56 Å². The van der Waals surface area contributed by atoms with Gasteiger partial charge in [-0.1, -0.05) is 23.7 Å². The molecule has 2 N–H and O–H groups in total. The monoisotopic (exact) mass is 385 g/mol. The fourth-order valence-electron chi connectivity index (χ4n) is 2.48. The van der Waals surface area contributed by atoms with E-state index in [2.05, 4.69) is 31.9 Å². The second-order valence-corrected chi connectivity index (χ2v) is 6.08. The normalized spacial score (nSPS) is 10.3. The quantitative estimate of drug-likeness (QED) is 0.607. The van der Waals surface area contributed by atoms with Gasteiger partial charge < -0.3 is 20.1 Å². The van der Waals surface area contributed by atoms with Crippen molar-refractivity contribution in [1.29, 1.82) is 0 Å². The number of ether oxygens (including phenoxy) is 2. The van der Waals surface area contributed by atoms with Crippen molar-refractivity contribution >= 4 is 29.1 Å². The maximum absolute atomic E-state index is 6.14. The summed E-state index contributed by atoms with van der Waals surface area (Å²) in [6.45, 7) is 0.673. The Hall–Kier alpha value is -3.06. The molecule has 0 unspecified atom stereocenters. The zero-order chi connectivity index (χ0) is 19.1. The Morgan fingerprint density at radius 3 is 2.74 bits per heavy atom. The summed E-state index contributed by atoms with van der Waals surface area (Å²) < 4.78 is 10.4. The third-order valence-corrected chi connectivity index (χ3v) is 4.11. The third-order valence-electron chi connectivity index (χ3n) is 3.81. The Morgan fingerprint density at radius 1 is 1.07 bits per heavy atom. The van der Waals surface area contributed by atoms with Gasteiger partial charge in [-0.05, 0) is 42.3 Å². The van der Waals surface area contributed by atoms with Gasteiger partial charge in [0.2, 0.25) is 5.95 Å². The highest BCUT2D eigenvalue weighted by atomic mass is 35.5. The number of anilines is 3. The first-order valence-corrected chi connectivity index (χ1v) is 8.73. The number of benzene rings is 2. The highest BCUT2D eigenvalue weighted by molar-refractivity contribution is 6.32. The van der Waals surface area contributed by atoms with E-state index in [0.29, 0.717) is 29.1 Å². The van der Waals surface area contributed by atoms with Crippen LogP contribution in [0.25, 0.3) is 0 Å². The molecule has 0 saturated heterocycles. The van der Waals surface area contributed by atoms with Crippen molar-refractivity contribution in [2.45, 2.75) is 6.42 Å². The Bertz CT molecular complexity index is 907. The summed E-state index contributed by atoms with van der Waals surface area (Å²) in [6, 6.07) is 13.3. The zero-order valence-electron chi connectivity index (χ0n) is 15.1. The number of nitrogens with one attached hydrogen (secondary N) is 2. The average Bonchev–Trinajstić information content (AvgIpc) is 2.69. The molecule has 1 heterocycles. The first-order chi connectivity index (χ1) is 13.2. The molecule has 0 aliphatic carbocycles. The number of nitrogens with zero attached hydrogens (tertiary/aromatic N) is 3. The molecule has 2 aromatic carbocycles. The van der Waals surface area contributed by atoms with E-state index in [9.17, 15) is 0 Å². The summed E-state index contributed by atoms with van der Waals surface area (Å²) in [7, 11) is 3.23. The van der Waals surface area contributed by atoms with Crippen LogP contribution in [0.3, 0.4) is 0 Å². The van der Waals surface area contributed by atoms with Gasteiger partial charge in [0.05, 0.1) is 25.4 Å². The van der Waals surface area contributed by atoms with Crippen LogP contribution in [0.2, 0.25) is 5.02 Å². The molecular formula is C19H20ClN5O2. The Kier molecular flexibility index (Phi) is 6.27. The zero-order valence-corrected chi connectivity index (χ0v) is 15.8. The Morgan fingerprint density at radius 2 is 1.96 bits per heavy atom. The first kappa shape index (κ1) is 18.7. The maximum atomic E-state index is 6.14. The summed E-state index contributed by atoms with van der Waals surface area (Å²) in [5.74, 6) is 2.47. The molecule has 3 aromatic rings. The highest BCUT2D eigenvalue weighted by Crippen LogP contribution is 2.28. The smallest absolute Gasteiger partial charge is 0.244 e. The third kappa shape index (κ3) is 5.21. The summed E-state index contributed by atoms with van der Waals surface area (Å²) in [5.41, 5.74) is 1.94. The number of halogens is 1. The van der Waals surface area contributed by atoms with Crippen molar-refractivity contribution in [1.82, 2.24) is 15.2 Å². The predicted octanol–water partition coefficient (Wildman–Crippen LogP) is 3.94. The van der Waals surface area contributed by atoms with Crippen LogP contribution in [-0.2, 0) is 6.42 Å². The van der Waals surface area contributed by atoms with Crippen molar-refractivity contribution in [2.75, 3.05) is 31.4 Å². The minimum atomic E-state index is 0.447. The van der Waals surface area contributed by atoms with Crippen LogP contribution in [0, 0.1) is 0 Å². The minimum absolute atomic E-state index is 0.447. The van der Waals surface area contributed by atoms with Gasteiger partial charge in [-0.15, -0.1) is 5.10 Å². The fraction of sp³-hybridized carbons (Fsp3) is 0.211. The van der Waals surface area contributed by atoms with Gasteiger partial charge in [0.15, 0.2) is 5.82 Å². The number of hydrogen-bond acceptors (Lipinski definition) is 7. The molecule has 0 atom stereocenters. The second kappa shape index (κ2) is 9.05. The molecule has 0 aliphatic heterocycles. The van der Waals surface area contributed by atoms with Gasteiger partial charge in [0.25, 0.3) is 0 Å². The molecule has 27 heavy (non-hydrogen) atoms. The SMILES string of the molecule is COc1cccc(CCNc2nncc(Nc3ccc(OC)c(Cl)c3)n2)c1. The van der Waals surface area contributed by atoms with Gasteiger partial charge in [-0.3, -0.25) is 0 Å². The van der Waals surface area contributed by atoms with E-state index in [4.69, 9.17) is 21.1 Å². The van der Waals surface area contributed by atoms with Crippen LogP contribution in [-0.4, -0.2) is 35.9 Å². The minimum Gasteiger partial charge on any atom is -0.497 e. The molecular weight excluding hydrogens is 366 g/mol. The molecule has 0 aliphatic rings. The van der Waals surface area contributed by atoms with E-state index in [1.165, 1.54) is 0 Å². The van der Waals surface area contributed by atoms with Crippen LogP contribution in [0.4, 0.5) is 17.5 Å². The van der Waals surface area contributed by atoms with Crippen LogP contribution in [0.15, 0.2) is 48.7 Å². The number of hydrogen-bond donors (Lipinski definition) is 2. The van der Waals surface area contributed by atoms with Crippen molar-refractivity contribution in [2.24, 2.45) is 0 Å². The van der Waals surface area contributed by atoms with E-state index in [1.807, 2.05) is 24.3 Å². The number of methoxy groups -OCH3 is 2. The van der Waals surface area contributed by atoms with Gasteiger partial charge in [0, 0.05) is 12.2 Å². The van der Waals surface area contributed by atoms with E-state index in [1.54, 1.807) is 32.5 Å². The van der Waals surface area contributed by atoms with Crippen LogP contribution < -0.4 is 20.1 Å².